The van der Waals surface area contributed by atoms with Crippen molar-refractivity contribution in [1.29, 1.82) is 0 Å². The molecule has 0 fully saturated rings. The average Bonchev–Trinajstić information content (AvgIpc) is 3.41. The van der Waals surface area contributed by atoms with Crippen molar-refractivity contribution in [2.75, 3.05) is 25.1 Å². The van der Waals surface area contributed by atoms with Gasteiger partial charge in [0, 0.05) is 41.3 Å². The van der Waals surface area contributed by atoms with Crippen LogP contribution in [-0.4, -0.2) is 46.1 Å². The summed E-state index contributed by atoms with van der Waals surface area (Å²) in [5, 5.41) is 2.76. The molecule has 1 unspecified atom stereocenters. The zero-order chi connectivity index (χ0) is 32.9. The minimum Gasteiger partial charge on any atom is -0.492 e. The molecule has 1 aliphatic rings. The normalized spacial score (nSPS) is 15.3. The summed E-state index contributed by atoms with van der Waals surface area (Å²) in [6, 6.07) is 11.7. The Bertz CT molecular complexity index is 1570. The second-order valence-corrected chi connectivity index (χ2v) is 12.1. The number of amides is 1. The molecule has 0 radical (unpaired) electrons. The van der Waals surface area contributed by atoms with E-state index in [1.165, 1.54) is 18.2 Å². The van der Waals surface area contributed by atoms with E-state index in [4.69, 9.17) is 14.2 Å². The molecule has 4 rings (SSSR count). The number of halogens is 2. The number of rotatable bonds is 17. The van der Waals surface area contributed by atoms with E-state index < -0.39 is 23.3 Å². The Labute approximate surface area is 271 Å². The van der Waals surface area contributed by atoms with Crippen LogP contribution in [0.3, 0.4) is 0 Å². The number of ether oxygens (including phenoxy) is 3. The number of alkyl halides is 2. The highest BCUT2D eigenvalue weighted by Gasteiger charge is 2.16. The topological polar surface area (TPSA) is 91.7 Å². The number of carbonyl (C=O) groups is 1. The molecule has 1 heterocycles. The lowest BCUT2D eigenvalue weighted by Crippen LogP contribution is -2.09. The number of hydrogen-bond donors (Lipinski definition) is 1. The van der Waals surface area contributed by atoms with Crippen molar-refractivity contribution in [3.8, 4) is 5.75 Å². The fourth-order valence-corrected chi connectivity index (χ4v) is 6.10. The zero-order valence-electron chi connectivity index (χ0n) is 26.4. The van der Waals surface area contributed by atoms with Gasteiger partial charge < -0.3 is 24.1 Å². The monoisotopic (exact) mass is 653 g/mol. The predicted molar refractivity (Wildman–Crippen MR) is 176 cm³/mol. The van der Waals surface area contributed by atoms with Crippen molar-refractivity contribution < 1.29 is 32.0 Å². The second kappa shape index (κ2) is 17.6. The molecule has 8 nitrogen and oxygen atoms in total. The van der Waals surface area contributed by atoms with Gasteiger partial charge in [-0.1, -0.05) is 25.5 Å². The number of aromatic nitrogens is 2. The average molecular weight is 654 g/mol. The third kappa shape index (κ3) is 10.2. The predicted octanol–water partition coefficient (Wildman–Crippen LogP) is 7.53. The fraction of sp³-hybridized carbons (Fsp3) is 0.371. The Morgan fingerprint density at radius 3 is 2.65 bits per heavy atom. The highest BCUT2D eigenvalue weighted by atomic mass is 32.2. The summed E-state index contributed by atoms with van der Waals surface area (Å²) in [5.41, 5.74) is 3.52. The lowest BCUT2D eigenvalue weighted by Gasteiger charge is -2.19. The number of carbonyl (C=O) groups excluding carboxylic acids is 1. The molecule has 1 N–H and O–H groups in total. The molecule has 0 bridgehead atoms. The van der Waals surface area contributed by atoms with Gasteiger partial charge in [-0.15, -0.1) is 0 Å². The van der Waals surface area contributed by atoms with Gasteiger partial charge in [0.15, 0.2) is 0 Å². The SMILES string of the molecule is CCCCOCCOC1=CCC(c2ccc(OC(F)F)c(/C=C/C(=O)Nc3ccc([S@](=O)Cc4c(C)ncn4CC)cc3)c2)C=C1. The quantitative estimate of drug-likeness (QED) is 0.120. The van der Waals surface area contributed by atoms with E-state index in [0.717, 1.165) is 48.7 Å². The summed E-state index contributed by atoms with van der Waals surface area (Å²) in [4.78, 5) is 17.7. The zero-order valence-corrected chi connectivity index (χ0v) is 27.2. The van der Waals surface area contributed by atoms with Crippen LogP contribution >= 0.6 is 0 Å². The van der Waals surface area contributed by atoms with Gasteiger partial charge in [-0.25, -0.2) is 4.98 Å². The highest BCUT2D eigenvalue weighted by Crippen LogP contribution is 2.32. The minimum atomic E-state index is -3.01. The van der Waals surface area contributed by atoms with Crippen molar-refractivity contribution in [2.24, 2.45) is 0 Å². The van der Waals surface area contributed by atoms with Gasteiger partial charge in [0.2, 0.25) is 5.91 Å². The van der Waals surface area contributed by atoms with Gasteiger partial charge >= 0.3 is 6.61 Å². The molecule has 11 heteroatoms. The first-order chi connectivity index (χ1) is 22.3. The van der Waals surface area contributed by atoms with Crippen molar-refractivity contribution in [3.05, 3.63) is 101 Å². The lowest BCUT2D eigenvalue weighted by molar-refractivity contribution is -0.111. The number of imidazole rings is 1. The van der Waals surface area contributed by atoms with E-state index in [-0.39, 0.29) is 11.7 Å². The van der Waals surface area contributed by atoms with E-state index in [0.29, 0.717) is 41.5 Å². The molecule has 1 amide bonds. The Hall–Kier alpha value is -4.09. The number of nitrogens with one attached hydrogen (secondary N) is 1. The summed E-state index contributed by atoms with van der Waals surface area (Å²) < 4.78 is 57.2. The van der Waals surface area contributed by atoms with Crippen LogP contribution in [0.25, 0.3) is 6.08 Å². The number of nitrogens with zero attached hydrogens (tertiary/aromatic N) is 2. The van der Waals surface area contributed by atoms with Crippen LogP contribution in [0.5, 0.6) is 5.75 Å². The number of hydrogen-bond acceptors (Lipinski definition) is 6. The van der Waals surface area contributed by atoms with E-state index in [9.17, 15) is 17.8 Å². The molecule has 46 heavy (non-hydrogen) atoms. The van der Waals surface area contributed by atoms with Gasteiger partial charge in [-0.3, -0.25) is 9.00 Å². The van der Waals surface area contributed by atoms with Crippen LogP contribution in [0.1, 0.15) is 61.5 Å². The Balaban J connectivity index is 1.36. The first-order valence-corrected chi connectivity index (χ1v) is 16.7. The van der Waals surface area contributed by atoms with Gasteiger partial charge in [-0.05, 0) is 86.9 Å². The summed E-state index contributed by atoms with van der Waals surface area (Å²) >= 11 is 0. The van der Waals surface area contributed by atoms with Crippen LogP contribution in [0, 0.1) is 6.92 Å². The number of aryl methyl sites for hydroxylation is 2. The maximum atomic E-state index is 13.1. The summed E-state index contributed by atoms with van der Waals surface area (Å²) in [7, 11) is -1.29. The van der Waals surface area contributed by atoms with Gasteiger partial charge in [0.25, 0.3) is 0 Å². The van der Waals surface area contributed by atoms with Crippen molar-refractivity contribution in [1.82, 2.24) is 9.55 Å². The number of allylic oxidation sites excluding steroid dienone is 3. The molecule has 2 atom stereocenters. The molecular formula is C35H41F2N3O5S. The van der Waals surface area contributed by atoms with Crippen LogP contribution in [0.2, 0.25) is 0 Å². The van der Waals surface area contributed by atoms with Crippen LogP contribution in [0.15, 0.2) is 83.8 Å². The van der Waals surface area contributed by atoms with Crippen LogP contribution in [0.4, 0.5) is 14.5 Å². The summed E-state index contributed by atoms with van der Waals surface area (Å²) in [6.07, 6.45) is 13.1. The van der Waals surface area contributed by atoms with E-state index in [1.807, 2.05) is 36.6 Å². The smallest absolute Gasteiger partial charge is 0.387 e. The third-order valence-electron chi connectivity index (χ3n) is 7.45. The van der Waals surface area contributed by atoms with Gasteiger partial charge in [0.1, 0.15) is 18.1 Å². The third-order valence-corrected chi connectivity index (χ3v) is 8.78. The second-order valence-electron chi connectivity index (χ2n) is 10.7. The standard InChI is InChI=1S/C35H41F2N3O5S/c1-4-6-19-43-20-21-44-30-13-7-26(8-14-30)27-9-17-33(45-35(36)37)28(22-27)10-18-34(41)39-29-11-15-31(16-12-29)46(42)23-32-25(3)38-24-40(32)5-2/h7,9-18,22,24,26,35H,4-6,8,19-21,23H2,1-3H3,(H,39,41)/b18-10+/t26?,46-/m1/s1. The minimum absolute atomic E-state index is 0.00485. The lowest BCUT2D eigenvalue weighted by atomic mass is 9.90. The van der Waals surface area contributed by atoms with E-state index in [2.05, 4.69) is 17.2 Å². The number of unbranched alkanes of at least 4 members (excludes halogenated alkanes) is 1. The molecular weight excluding hydrogens is 612 g/mol. The van der Waals surface area contributed by atoms with Crippen molar-refractivity contribution >= 4 is 28.5 Å². The molecule has 0 aliphatic heterocycles. The maximum Gasteiger partial charge on any atom is 0.387 e. The maximum absolute atomic E-state index is 13.1. The van der Waals surface area contributed by atoms with E-state index in [1.54, 1.807) is 42.7 Å². The van der Waals surface area contributed by atoms with Crippen molar-refractivity contribution in [2.45, 2.75) is 69.8 Å². The van der Waals surface area contributed by atoms with Gasteiger partial charge in [-0.2, -0.15) is 8.78 Å². The van der Waals surface area contributed by atoms with Crippen molar-refractivity contribution in [3.63, 3.8) is 0 Å². The van der Waals surface area contributed by atoms with E-state index >= 15 is 0 Å². The fourth-order valence-electron chi connectivity index (χ4n) is 4.87. The first-order valence-electron chi connectivity index (χ1n) is 15.4. The van der Waals surface area contributed by atoms with Gasteiger partial charge in [0.05, 0.1) is 40.9 Å². The summed E-state index contributed by atoms with van der Waals surface area (Å²) in [5.74, 6) is 0.628. The number of benzene rings is 2. The molecule has 3 aromatic rings. The molecule has 0 saturated carbocycles. The Morgan fingerprint density at radius 1 is 1.15 bits per heavy atom. The summed E-state index contributed by atoms with van der Waals surface area (Å²) in [6.45, 7) is 5.48. The molecule has 0 spiro atoms. The highest BCUT2D eigenvalue weighted by molar-refractivity contribution is 7.84. The van der Waals surface area contributed by atoms with Crippen LogP contribution < -0.4 is 10.1 Å². The molecule has 246 valence electrons. The molecule has 1 aromatic heterocycles. The number of anilines is 1. The Morgan fingerprint density at radius 2 is 1.96 bits per heavy atom. The van der Waals surface area contributed by atoms with Crippen LogP contribution in [-0.2, 0) is 37.4 Å². The first kappa shape index (κ1) is 34.8. The molecule has 0 saturated heterocycles. The molecule has 1 aliphatic carbocycles. The Kier molecular flexibility index (Phi) is 13.3. The molecule has 2 aromatic carbocycles. The largest absolute Gasteiger partial charge is 0.492 e.